The van der Waals surface area contributed by atoms with Crippen LogP contribution in [0.2, 0.25) is 0 Å². The standard InChI is InChI=1S/C25H30N4O4S/c1-18-16-27-25(15-22(18)26-17-19-6-4-5-7-24(19)34(3,30)31)28-21-9-8-20(14-23(21)32-2)29-10-12-33-13-11-29/h4-9,14-16H,10-13,17H2,1-3H3,(H2,26,27,28). The van der Waals surface area contributed by atoms with Crippen LogP contribution in [0.25, 0.3) is 0 Å². The molecule has 0 unspecified atom stereocenters. The summed E-state index contributed by atoms with van der Waals surface area (Å²) in [6, 6.07) is 15.0. The number of aromatic nitrogens is 1. The number of hydrogen-bond donors (Lipinski definition) is 2. The van der Waals surface area contributed by atoms with Gasteiger partial charge in [0.2, 0.25) is 0 Å². The second-order valence-electron chi connectivity index (χ2n) is 8.23. The quantitative estimate of drug-likeness (QED) is 0.498. The smallest absolute Gasteiger partial charge is 0.175 e. The lowest BCUT2D eigenvalue weighted by Gasteiger charge is -2.29. The molecular formula is C25H30N4O4S. The molecule has 4 rings (SSSR count). The van der Waals surface area contributed by atoms with E-state index in [4.69, 9.17) is 9.47 Å². The minimum atomic E-state index is -3.31. The molecule has 1 aliphatic rings. The fourth-order valence-electron chi connectivity index (χ4n) is 3.92. The highest BCUT2D eigenvalue weighted by molar-refractivity contribution is 7.90. The van der Waals surface area contributed by atoms with Gasteiger partial charge in [0, 0.05) is 55.6 Å². The Morgan fingerprint density at radius 3 is 2.59 bits per heavy atom. The van der Waals surface area contributed by atoms with Crippen LogP contribution in [0.15, 0.2) is 59.6 Å². The topological polar surface area (TPSA) is 92.8 Å². The molecular weight excluding hydrogens is 452 g/mol. The van der Waals surface area contributed by atoms with E-state index in [1.165, 1.54) is 6.26 Å². The lowest BCUT2D eigenvalue weighted by molar-refractivity contribution is 0.122. The third kappa shape index (κ3) is 5.60. The van der Waals surface area contributed by atoms with Gasteiger partial charge in [-0.3, -0.25) is 0 Å². The maximum Gasteiger partial charge on any atom is 0.175 e. The number of methoxy groups -OCH3 is 1. The maximum absolute atomic E-state index is 12.1. The van der Waals surface area contributed by atoms with Crippen LogP contribution in [0.1, 0.15) is 11.1 Å². The number of aryl methyl sites for hydroxylation is 1. The van der Waals surface area contributed by atoms with E-state index in [0.717, 1.165) is 60.2 Å². The lowest BCUT2D eigenvalue weighted by Crippen LogP contribution is -2.36. The number of ether oxygens (including phenoxy) is 2. The van der Waals surface area contributed by atoms with E-state index in [0.29, 0.717) is 17.3 Å². The van der Waals surface area contributed by atoms with Gasteiger partial charge in [0.15, 0.2) is 9.84 Å². The molecule has 0 spiro atoms. The molecule has 0 saturated carbocycles. The van der Waals surface area contributed by atoms with Crippen LogP contribution in [0.3, 0.4) is 0 Å². The van der Waals surface area contributed by atoms with Crippen LogP contribution in [0, 0.1) is 6.92 Å². The minimum Gasteiger partial charge on any atom is -0.494 e. The molecule has 0 bridgehead atoms. The highest BCUT2D eigenvalue weighted by Gasteiger charge is 2.15. The van der Waals surface area contributed by atoms with Gasteiger partial charge in [0.05, 0.1) is 30.9 Å². The number of nitrogens with zero attached hydrogens (tertiary/aromatic N) is 2. The van der Waals surface area contributed by atoms with E-state index < -0.39 is 9.84 Å². The minimum absolute atomic E-state index is 0.331. The summed E-state index contributed by atoms with van der Waals surface area (Å²) in [5, 5.41) is 6.69. The molecule has 34 heavy (non-hydrogen) atoms. The van der Waals surface area contributed by atoms with E-state index in [2.05, 4.69) is 26.6 Å². The monoisotopic (exact) mass is 482 g/mol. The van der Waals surface area contributed by atoms with Crippen molar-refractivity contribution in [2.24, 2.45) is 0 Å². The summed E-state index contributed by atoms with van der Waals surface area (Å²) in [7, 11) is -1.65. The third-order valence-corrected chi connectivity index (χ3v) is 6.97. The van der Waals surface area contributed by atoms with Crippen molar-refractivity contribution >= 4 is 32.7 Å². The van der Waals surface area contributed by atoms with Gasteiger partial charge in [-0.15, -0.1) is 0 Å². The Morgan fingerprint density at radius 1 is 1.09 bits per heavy atom. The van der Waals surface area contributed by atoms with Crippen LogP contribution in [0.5, 0.6) is 5.75 Å². The van der Waals surface area contributed by atoms with Crippen LogP contribution in [-0.2, 0) is 21.1 Å². The van der Waals surface area contributed by atoms with Crippen molar-refractivity contribution in [2.75, 3.05) is 55.2 Å². The highest BCUT2D eigenvalue weighted by Crippen LogP contribution is 2.33. The Labute approximate surface area is 200 Å². The van der Waals surface area contributed by atoms with Gasteiger partial charge in [-0.2, -0.15) is 0 Å². The lowest BCUT2D eigenvalue weighted by atomic mass is 10.2. The average molecular weight is 483 g/mol. The van der Waals surface area contributed by atoms with E-state index in [1.807, 2.05) is 37.3 Å². The maximum atomic E-state index is 12.1. The number of pyridine rings is 1. The molecule has 1 saturated heterocycles. The molecule has 0 amide bonds. The van der Waals surface area contributed by atoms with Crippen molar-refractivity contribution in [1.82, 2.24) is 4.98 Å². The van der Waals surface area contributed by atoms with Crippen LogP contribution in [-0.4, -0.2) is 53.1 Å². The zero-order valence-electron chi connectivity index (χ0n) is 19.7. The summed E-state index contributed by atoms with van der Waals surface area (Å²) in [6.07, 6.45) is 3.00. The third-order valence-electron chi connectivity index (χ3n) is 5.77. The van der Waals surface area contributed by atoms with Crippen LogP contribution in [0.4, 0.5) is 22.9 Å². The first-order valence-corrected chi connectivity index (χ1v) is 13.0. The van der Waals surface area contributed by atoms with Crippen molar-refractivity contribution in [3.05, 3.63) is 65.9 Å². The van der Waals surface area contributed by atoms with Crippen LogP contribution >= 0.6 is 0 Å². The molecule has 2 N–H and O–H groups in total. The summed E-state index contributed by atoms with van der Waals surface area (Å²) < 4.78 is 35.3. The number of nitrogens with one attached hydrogen (secondary N) is 2. The van der Waals surface area contributed by atoms with Crippen LogP contribution < -0.4 is 20.3 Å². The molecule has 0 atom stereocenters. The normalized spacial score (nSPS) is 14.0. The van der Waals surface area contributed by atoms with E-state index in [-0.39, 0.29) is 0 Å². The molecule has 0 aliphatic carbocycles. The number of morpholine rings is 1. The number of rotatable bonds is 8. The SMILES string of the molecule is COc1cc(N2CCOCC2)ccc1Nc1cc(NCc2ccccc2S(C)(=O)=O)c(C)cn1. The first kappa shape index (κ1) is 23.8. The summed E-state index contributed by atoms with van der Waals surface area (Å²) in [5.41, 5.74) is 4.44. The highest BCUT2D eigenvalue weighted by atomic mass is 32.2. The molecule has 0 radical (unpaired) electrons. The van der Waals surface area contributed by atoms with Crippen molar-refractivity contribution in [1.29, 1.82) is 0 Å². The first-order valence-electron chi connectivity index (χ1n) is 11.1. The van der Waals surface area contributed by atoms with Gasteiger partial charge in [0.25, 0.3) is 0 Å². The number of sulfone groups is 1. The molecule has 1 aromatic heterocycles. The van der Waals surface area contributed by atoms with Gasteiger partial charge in [0.1, 0.15) is 11.6 Å². The van der Waals surface area contributed by atoms with Crippen molar-refractivity contribution in [3.63, 3.8) is 0 Å². The summed E-state index contributed by atoms with van der Waals surface area (Å²) in [5.74, 6) is 1.38. The van der Waals surface area contributed by atoms with Gasteiger partial charge in [-0.25, -0.2) is 13.4 Å². The summed E-state index contributed by atoms with van der Waals surface area (Å²) in [6.45, 7) is 5.49. The fourth-order valence-corrected chi connectivity index (χ4v) is 4.87. The second kappa shape index (κ2) is 10.3. The molecule has 3 aromatic rings. The van der Waals surface area contributed by atoms with Crippen molar-refractivity contribution in [3.8, 4) is 5.75 Å². The molecule has 180 valence electrons. The predicted octanol–water partition coefficient (Wildman–Crippen LogP) is 3.99. The molecule has 9 heteroatoms. The van der Waals surface area contributed by atoms with Gasteiger partial charge < -0.3 is 25.0 Å². The average Bonchev–Trinajstić information content (AvgIpc) is 2.84. The Balaban J connectivity index is 1.52. The Bertz CT molecular complexity index is 1260. The van der Waals surface area contributed by atoms with E-state index in [1.54, 1.807) is 25.4 Å². The van der Waals surface area contributed by atoms with Gasteiger partial charge >= 0.3 is 0 Å². The van der Waals surface area contributed by atoms with Crippen molar-refractivity contribution in [2.45, 2.75) is 18.4 Å². The molecule has 1 fully saturated rings. The molecule has 2 aromatic carbocycles. The largest absolute Gasteiger partial charge is 0.494 e. The second-order valence-corrected chi connectivity index (χ2v) is 10.2. The zero-order chi connectivity index (χ0) is 24.1. The molecule has 8 nitrogen and oxygen atoms in total. The van der Waals surface area contributed by atoms with E-state index in [9.17, 15) is 8.42 Å². The molecule has 1 aliphatic heterocycles. The number of benzene rings is 2. The molecule has 2 heterocycles. The van der Waals surface area contributed by atoms with Crippen molar-refractivity contribution < 1.29 is 17.9 Å². The van der Waals surface area contributed by atoms with Gasteiger partial charge in [-0.1, -0.05) is 18.2 Å². The predicted molar refractivity (Wildman–Crippen MR) is 135 cm³/mol. The Morgan fingerprint density at radius 2 is 1.85 bits per heavy atom. The van der Waals surface area contributed by atoms with E-state index >= 15 is 0 Å². The van der Waals surface area contributed by atoms with Gasteiger partial charge in [-0.05, 0) is 36.2 Å². The first-order chi connectivity index (χ1) is 16.3. The number of anilines is 4. The fraction of sp³-hybridized carbons (Fsp3) is 0.320. The summed E-state index contributed by atoms with van der Waals surface area (Å²) in [4.78, 5) is 7.11. The zero-order valence-corrected chi connectivity index (χ0v) is 20.5. The Kier molecular flexibility index (Phi) is 7.23. The summed E-state index contributed by atoms with van der Waals surface area (Å²) >= 11 is 0. The number of hydrogen-bond acceptors (Lipinski definition) is 8. The Hall–Kier alpha value is -3.30.